The monoisotopic (exact) mass is 325 g/mol. The highest BCUT2D eigenvalue weighted by Gasteiger charge is 2.37. The molecule has 0 N–H and O–H groups in total. The Kier molecular flexibility index (Phi) is 2.66. The third kappa shape index (κ3) is 1.56. The molecule has 0 spiro atoms. The molecule has 96 valence electrons. The summed E-state index contributed by atoms with van der Waals surface area (Å²) in [5.41, 5.74) is 1.31. The highest BCUT2D eigenvalue weighted by atomic mass is 79.9. The number of anilines is 1. The Hall–Kier alpha value is -0.550. The van der Waals surface area contributed by atoms with Gasteiger partial charge in [0.15, 0.2) is 10.8 Å². The number of hydrogen-bond acceptors (Lipinski definition) is 3. The van der Waals surface area contributed by atoms with Crippen molar-refractivity contribution >= 4 is 38.0 Å². The summed E-state index contributed by atoms with van der Waals surface area (Å²) in [5, 5.41) is 2.99. The largest absolute Gasteiger partial charge is 0.354 e. The Bertz CT molecular complexity index is 564. The molecule has 2 aromatic rings. The molecule has 1 aliphatic carbocycles. The van der Waals surface area contributed by atoms with Gasteiger partial charge >= 0.3 is 0 Å². The number of nitrogens with zero attached hydrogens (tertiary/aromatic N) is 3. The molecular weight excluding hydrogens is 310 g/mol. The summed E-state index contributed by atoms with van der Waals surface area (Å²) in [6.45, 7) is 2.44. The summed E-state index contributed by atoms with van der Waals surface area (Å²) in [7, 11) is 0. The van der Waals surface area contributed by atoms with Crippen LogP contribution in [0.1, 0.15) is 25.0 Å². The quantitative estimate of drug-likeness (QED) is 0.787. The maximum absolute atomic E-state index is 4.83. The Morgan fingerprint density at radius 1 is 1.33 bits per heavy atom. The molecular formula is C13H16BrN3S. The van der Waals surface area contributed by atoms with E-state index in [2.05, 4.69) is 36.8 Å². The minimum Gasteiger partial charge on any atom is -0.354 e. The van der Waals surface area contributed by atoms with Crippen LogP contribution in [0.15, 0.2) is 11.6 Å². The fourth-order valence-electron chi connectivity index (χ4n) is 3.61. The smallest absolute Gasteiger partial charge is 0.195 e. The van der Waals surface area contributed by atoms with Crippen molar-refractivity contribution in [1.29, 1.82) is 0 Å². The van der Waals surface area contributed by atoms with Crippen LogP contribution < -0.4 is 4.90 Å². The zero-order valence-corrected chi connectivity index (χ0v) is 12.6. The fourth-order valence-corrected chi connectivity index (χ4v) is 4.86. The van der Waals surface area contributed by atoms with E-state index in [0.29, 0.717) is 0 Å². The summed E-state index contributed by atoms with van der Waals surface area (Å²) >= 11 is 5.34. The standard InChI is InChI=1S/C13H16BrN3S/c14-6-11-12(15-13-17(11)4-5-18-13)16-7-9-2-1-3-10(9)8-16/h4-5,9-10H,1-3,6-8H2. The lowest BCUT2D eigenvalue weighted by atomic mass is 10.0. The number of hydrogen-bond donors (Lipinski definition) is 0. The fraction of sp³-hybridized carbons (Fsp3) is 0.615. The lowest BCUT2D eigenvalue weighted by Crippen LogP contribution is -2.22. The molecule has 5 heteroatoms. The number of halogens is 1. The second-order valence-electron chi connectivity index (χ2n) is 5.43. The predicted molar refractivity (Wildman–Crippen MR) is 78.7 cm³/mol. The van der Waals surface area contributed by atoms with Gasteiger partial charge in [0, 0.05) is 30.0 Å². The van der Waals surface area contributed by atoms with Crippen molar-refractivity contribution < 1.29 is 0 Å². The normalized spacial score (nSPS) is 27.3. The van der Waals surface area contributed by atoms with Crippen molar-refractivity contribution in [3.8, 4) is 0 Å². The van der Waals surface area contributed by atoms with E-state index < -0.39 is 0 Å². The zero-order chi connectivity index (χ0) is 12.1. The molecule has 2 unspecified atom stereocenters. The molecule has 0 amide bonds. The number of fused-ring (bicyclic) bond motifs is 2. The molecule has 1 saturated heterocycles. The van der Waals surface area contributed by atoms with Crippen LogP contribution in [0.3, 0.4) is 0 Å². The van der Waals surface area contributed by atoms with Gasteiger partial charge in [-0.2, -0.15) is 0 Å². The second kappa shape index (κ2) is 4.23. The third-order valence-electron chi connectivity index (χ3n) is 4.49. The average molecular weight is 326 g/mol. The highest BCUT2D eigenvalue weighted by molar-refractivity contribution is 9.08. The van der Waals surface area contributed by atoms with Crippen molar-refractivity contribution in [3.63, 3.8) is 0 Å². The van der Waals surface area contributed by atoms with Gasteiger partial charge in [0.1, 0.15) is 0 Å². The first-order chi connectivity index (χ1) is 8.86. The van der Waals surface area contributed by atoms with E-state index in [1.807, 2.05) is 0 Å². The number of rotatable bonds is 2. The Morgan fingerprint density at radius 2 is 2.11 bits per heavy atom. The van der Waals surface area contributed by atoms with E-state index in [1.54, 1.807) is 11.3 Å². The summed E-state index contributed by atoms with van der Waals surface area (Å²) in [4.78, 5) is 8.47. The van der Waals surface area contributed by atoms with E-state index in [4.69, 9.17) is 4.98 Å². The number of thiazole rings is 1. The van der Waals surface area contributed by atoms with Gasteiger partial charge in [-0.15, -0.1) is 11.3 Å². The second-order valence-corrected chi connectivity index (χ2v) is 6.86. The summed E-state index contributed by atoms with van der Waals surface area (Å²) in [5.74, 6) is 3.06. The van der Waals surface area contributed by atoms with Gasteiger partial charge in [0.25, 0.3) is 0 Å². The lowest BCUT2D eigenvalue weighted by Gasteiger charge is -2.18. The molecule has 18 heavy (non-hydrogen) atoms. The zero-order valence-electron chi connectivity index (χ0n) is 10.2. The van der Waals surface area contributed by atoms with Crippen molar-refractivity contribution in [2.45, 2.75) is 24.6 Å². The molecule has 0 radical (unpaired) electrons. The van der Waals surface area contributed by atoms with Crippen LogP contribution in [0.4, 0.5) is 5.82 Å². The van der Waals surface area contributed by atoms with Crippen LogP contribution >= 0.6 is 27.3 Å². The van der Waals surface area contributed by atoms with Crippen LogP contribution in [0, 0.1) is 11.8 Å². The highest BCUT2D eigenvalue weighted by Crippen LogP contribution is 2.40. The van der Waals surface area contributed by atoms with Gasteiger partial charge in [0.2, 0.25) is 0 Å². The molecule has 2 atom stereocenters. The van der Waals surface area contributed by atoms with Gasteiger partial charge in [-0.1, -0.05) is 22.4 Å². The SMILES string of the molecule is BrCc1c(N2CC3CCCC3C2)nc2sccn12. The topological polar surface area (TPSA) is 20.5 Å². The molecule has 2 aromatic heterocycles. The van der Waals surface area contributed by atoms with Crippen LogP contribution in [-0.2, 0) is 5.33 Å². The Labute approximate surface area is 119 Å². The third-order valence-corrected chi connectivity index (χ3v) is 5.78. The van der Waals surface area contributed by atoms with E-state index in [9.17, 15) is 0 Å². The van der Waals surface area contributed by atoms with Crippen LogP contribution in [0.25, 0.3) is 4.96 Å². The van der Waals surface area contributed by atoms with E-state index in [1.165, 1.54) is 43.9 Å². The molecule has 2 fully saturated rings. The van der Waals surface area contributed by atoms with Gasteiger partial charge in [-0.3, -0.25) is 4.40 Å². The Balaban J connectivity index is 1.72. The number of alkyl halides is 1. The van der Waals surface area contributed by atoms with Crippen LogP contribution in [-0.4, -0.2) is 22.5 Å². The van der Waals surface area contributed by atoms with Crippen molar-refractivity contribution in [2.75, 3.05) is 18.0 Å². The lowest BCUT2D eigenvalue weighted by molar-refractivity contribution is 0.494. The molecule has 1 aliphatic heterocycles. The molecule has 0 bridgehead atoms. The van der Waals surface area contributed by atoms with Crippen molar-refractivity contribution in [1.82, 2.24) is 9.38 Å². The minimum absolute atomic E-state index is 0.881. The van der Waals surface area contributed by atoms with E-state index in [-0.39, 0.29) is 0 Å². The van der Waals surface area contributed by atoms with Gasteiger partial charge in [-0.25, -0.2) is 4.98 Å². The molecule has 0 aromatic carbocycles. The molecule has 3 nitrogen and oxygen atoms in total. The first kappa shape index (κ1) is 11.3. The summed E-state index contributed by atoms with van der Waals surface area (Å²) in [6, 6.07) is 0. The van der Waals surface area contributed by atoms with Crippen molar-refractivity contribution in [3.05, 3.63) is 17.3 Å². The molecule has 1 saturated carbocycles. The maximum Gasteiger partial charge on any atom is 0.195 e. The Morgan fingerprint density at radius 3 is 2.83 bits per heavy atom. The van der Waals surface area contributed by atoms with Gasteiger partial charge < -0.3 is 4.90 Å². The van der Waals surface area contributed by atoms with Crippen molar-refractivity contribution in [2.24, 2.45) is 11.8 Å². The summed E-state index contributed by atoms with van der Waals surface area (Å²) < 4.78 is 2.23. The molecule has 4 rings (SSSR count). The number of imidazole rings is 1. The van der Waals surface area contributed by atoms with Crippen LogP contribution in [0.2, 0.25) is 0 Å². The minimum atomic E-state index is 0.881. The molecule has 3 heterocycles. The number of aromatic nitrogens is 2. The van der Waals surface area contributed by atoms with Gasteiger partial charge in [0.05, 0.1) is 5.69 Å². The first-order valence-electron chi connectivity index (χ1n) is 6.62. The summed E-state index contributed by atoms with van der Waals surface area (Å²) in [6.07, 6.45) is 6.41. The first-order valence-corrected chi connectivity index (χ1v) is 8.62. The van der Waals surface area contributed by atoms with Crippen LogP contribution in [0.5, 0.6) is 0 Å². The molecule has 2 aliphatic rings. The van der Waals surface area contributed by atoms with E-state index >= 15 is 0 Å². The predicted octanol–water partition coefficient (Wildman–Crippen LogP) is 3.53. The van der Waals surface area contributed by atoms with Gasteiger partial charge in [-0.05, 0) is 24.7 Å². The van der Waals surface area contributed by atoms with E-state index in [0.717, 1.165) is 22.1 Å². The average Bonchev–Trinajstić information content (AvgIpc) is 3.06. The maximum atomic E-state index is 4.83.